The molecule has 162 valence electrons. The van der Waals surface area contributed by atoms with Crippen molar-refractivity contribution >= 4 is 23.1 Å². The van der Waals surface area contributed by atoms with Gasteiger partial charge < -0.3 is 14.6 Å². The maximum Gasteiger partial charge on any atom is 0.300 e. The van der Waals surface area contributed by atoms with Crippen LogP contribution in [0, 0.1) is 5.82 Å². The second kappa shape index (κ2) is 8.55. The van der Waals surface area contributed by atoms with Gasteiger partial charge in [0.05, 0.1) is 25.8 Å². The lowest BCUT2D eigenvalue weighted by Crippen LogP contribution is -2.29. The quantitative estimate of drug-likeness (QED) is 0.365. The van der Waals surface area contributed by atoms with Gasteiger partial charge in [0.15, 0.2) is 0 Å². The molecule has 6 nitrogen and oxygen atoms in total. The maximum atomic E-state index is 13.6. The van der Waals surface area contributed by atoms with Gasteiger partial charge in [0.1, 0.15) is 23.1 Å². The van der Waals surface area contributed by atoms with Gasteiger partial charge >= 0.3 is 0 Å². The van der Waals surface area contributed by atoms with Gasteiger partial charge in [-0.2, -0.15) is 0 Å². The molecular formula is C25H20FNO5. The van der Waals surface area contributed by atoms with E-state index in [4.69, 9.17) is 9.47 Å². The number of amides is 1. The van der Waals surface area contributed by atoms with Crippen molar-refractivity contribution in [2.45, 2.75) is 6.04 Å². The van der Waals surface area contributed by atoms with Crippen molar-refractivity contribution in [3.63, 3.8) is 0 Å². The van der Waals surface area contributed by atoms with Crippen molar-refractivity contribution in [1.29, 1.82) is 0 Å². The second-order valence-corrected chi connectivity index (χ2v) is 7.15. The molecule has 1 aliphatic rings. The van der Waals surface area contributed by atoms with Crippen LogP contribution < -0.4 is 14.4 Å². The Hall–Kier alpha value is -4.13. The summed E-state index contributed by atoms with van der Waals surface area (Å²) in [4.78, 5) is 27.4. The molecule has 3 aromatic carbocycles. The number of halogens is 1. The number of ether oxygens (including phenoxy) is 2. The highest BCUT2D eigenvalue weighted by Crippen LogP contribution is 2.42. The molecule has 7 heteroatoms. The molecule has 0 aliphatic carbocycles. The van der Waals surface area contributed by atoms with E-state index in [0.29, 0.717) is 28.3 Å². The molecule has 1 heterocycles. The molecule has 32 heavy (non-hydrogen) atoms. The zero-order chi connectivity index (χ0) is 22.8. The molecule has 3 aromatic rings. The average Bonchev–Trinajstić information content (AvgIpc) is 3.09. The second-order valence-electron chi connectivity index (χ2n) is 7.15. The van der Waals surface area contributed by atoms with Crippen LogP contribution in [0.15, 0.2) is 78.4 Å². The molecule has 0 spiro atoms. The first kappa shape index (κ1) is 21.1. The van der Waals surface area contributed by atoms with Gasteiger partial charge in [0.25, 0.3) is 11.7 Å². The molecule has 0 radical (unpaired) electrons. The van der Waals surface area contributed by atoms with E-state index in [1.807, 2.05) is 0 Å². The Morgan fingerprint density at radius 2 is 1.38 bits per heavy atom. The third-order valence-electron chi connectivity index (χ3n) is 5.34. The van der Waals surface area contributed by atoms with E-state index < -0.39 is 23.5 Å². The number of hydrogen-bond donors (Lipinski definition) is 1. The lowest BCUT2D eigenvalue weighted by molar-refractivity contribution is -0.132. The van der Waals surface area contributed by atoms with Crippen LogP contribution in [0.2, 0.25) is 0 Å². The van der Waals surface area contributed by atoms with Gasteiger partial charge in [-0.25, -0.2) is 4.39 Å². The lowest BCUT2D eigenvalue weighted by atomic mass is 9.95. The Bertz CT molecular complexity index is 1180. The first-order valence-corrected chi connectivity index (χ1v) is 9.79. The zero-order valence-corrected chi connectivity index (χ0v) is 17.4. The van der Waals surface area contributed by atoms with E-state index in [2.05, 4.69) is 0 Å². The highest BCUT2D eigenvalue weighted by molar-refractivity contribution is 6.51. The van der Waals surface area contributed by atoms with Crippen LogP contribution in [0.4, 0.5) is 10.1 Å². The van der Waals surface area contributed by atoms with Crippen LogP contribution in [0.1, 0.15) is 17.2 Å². The summed E-state index contributed by atoms with van der Waals surface area (Å²) in [7, 11) is 3.04. The van der Waals surface area contributed by atoms with E-state index in [-0.39, 0.29) is 11.3 Å². The number of aliphatic hydroxyl groups is 1. The minimum Gasteiger partial charge on any atom is -0.507 e. The number of nitrogens with zero attached hydrogens (tertiary/aromatic N) is 1. The van der Waals surface area contributed by atoms with Crippen LogP contribution in [-0.4, -0.2) is 31.0 Å². The molecule has 1 fully saturated rings. The van der Waals surface area contributed by atoms with Crippen molar-refractivity contribution in [3.05, 3.63) is 95.3 Å². The standard InChI is InChI=1S/C25H20FNO5/c1-31-19-11-5-16(6-12-19)23(28)21-22(15-3-7-17(26)8-4-15)27(25(30)24(21)29)18-9-13-20(32-2)14-10-18/h3-14,22,28H,1-2H3. The Morgan fingerprint density at radius 1 is 0.844 bits per heavy atom. The van der Waals surface area contributed by atoms with Gasteiger partial charge in [-0.05, 0) is 66.2 Å². The molecule has 4 rings (SSSR count). The van der Waals surface area contributed by atoms with Gasteiger partial charge in [-0.3, -0.25) is 14.5 Å². The summed E-state index contributed by atoms with van der Waals surface area (Å²) in [5.41, 5.74) is 1.20. The van der Waals surface area contributed by atoms with Crippen LogP contribution in [-0.2, 0) is 9.59 Å². The van der Waals surface area contributed by atoms with E-state index in [1.165, 1.54) is 43.4 Å². The Labute approximate surface area is 184 Å². The third kappa shape index (κ3) is 3.69. The number of benzene rings is 3. The SMILES string of the molecule is COc1ccc(C(O)=C2C(=O)C(=O)N(c3ccc(OC)cc3)C2c2ccc(F)cc2)cc1. The number of methoxy groups -OCH3 is 2. The predicted molar refractivity (Wildman–Crippen MR) is 117 cm³/mol. The molecule has 1 atom stereocenters. The molecule has 0 bridgehead atoms. The number of hydrogen-bond acceptors (Lipinski definition) is 5. The van der Waals surface area contributed by atoms with Crippen LogP contribution in [0.3, 0.4) is 0 Å². The fourth-order valence-electron chi connectivity index (χ4n) is 3.71. The third-order valence-corrected chi connectivity index (χ3v) is 5.34. The van der Waals surface area contributed by atoms with Crippen LogP contribution in [0.25, 0.3) is 5.76 Å². The van der Waals surface area contributed by atoms with Crippen molar-refractivity contribution < 1.29 is 28.6 Å². The summed E-state index contributed by atoms with van der Waals surface area (Å²) >= 11 is 0. The van der Waals surface area contributed by atoms with Gasteiger partial charge in [0.2, 0.25) is 0 Å². The Morgan fingerprint density at radius 3 is 1.91 bits per heavy atom. The number of ketones is 1. The molecule has 0 aromatic heterocycles. The number of rotatable bonds is 5. The lowest BCUT2D eigenvalue weighted by Gasteiger charge is -2.25. The molecule has 1 unspecified atom stereocenters. The van der Waals surface area contributed by atoms with E-state index in [0.717, 1.165) is 0 Å². The van der Waals surface area contributed by atoms with Gasteiger partial charge in [-0.15, -0.1) is 0 Å². The smallest absolute Gasteiger partial charge is 0.300 e. The number of carbonyl (C=O) groups is 2. The summed E-state index contributed by atoms with van der Waals surface area (Å²) < 4.78 is 23.9. The van der Waals surface area contributed by atoms with E-state index in [1.54, 1.807) is 48.5 Å². The molecule has 0 saturated carbocycles. The fraction of sp³-hybridized carbons (Fsp3) is 0.120. The topological polar surface area (TPSA) is 76.1 Å². The first-order chi connectivity index (χ1) is 15.4. The Kier molecular flexibility index (Phi) is 5.64. The van der Waals surface area contributed by atoms with E-state index >= 15 is 0 Å². The van der Waals surface area contributed by atoms with E-state index in [9.17, 15) is 19.1 Å². The van der Waals surface area contributed by atoms with Gasteiger partial charge in [-0.1, -0.05) is 12.1 Å². The number of aliphatic hydroxyl groups excluding tert-OH is 1. The average molecular weight is 433 g/mol. The monoisotopic (exact) mass is 433 g/mol. The first-order valence-electron chi connectivity index (χ1n) is 9.79. The van der Waals surface area contributed by atoms with Crippen LogP contribution >= 0.6 is 0 Å². The Balaban J connectivity index is 1.89. The molecule has 1 N–H and O–H groups in total. The molecule has 1 amide bonds. The summed E-state index contributed by atoms with van der Waals surface area (Å²) in [6.07, 6.45) is 0. The van der Waals surface area contributed by atoms with Crippen LogP contribution in [0.5, 0.6) is 11.5 Å². The molecule has 1 aliphatic heterocycles. The fourth-order valence-corrected chi connectivity index (χ4v) is 3.71. The maximum absolute atomic E-state index is 13.6. The van der Waals surface area contributed by atoms with Gasteiger partial charge in [0, 0.05) is 11.3 Å². The molecular weight excluding hydrogens is 413 g/mol. The summed E-state index contributed by atoms with van der Waals surface area (Å²) in [6, 6.07) is 17.6. The summed E-state index contributed by atoms with van der Waals surface area (Å²) in [5, 5.41) is 11.1. The highest BCUT2D eigenvalue weighted by Gasteiger charge is 2.46. The predicted octanol–water partition coefficient (Wildman–Crippen LogP) is 4.47. The summed E-state index contributed by atoms with van der Waals surface area (Å²) in [5.74, 6) is -1.23. The zero-order valence-electron chi connectivity index (χ0n) is 17.4. The number of carbonyl (C=O) groups excluding carboxylic acids is 2. The minimum atomic E-state index is -0.939. The van der Waals surface area contributed by atoms with Crippen molar-refractivity contribution in [1.82, 2.24) is 0 Å². The number of Topliss-reactive ketones (excluding diaryl/α,β-unsaturated/α-hetero) is 1. The number of anilines is 1. The summed E-state index contributed by atoms with van der Waals surface area (Å²) in [6.45, 7) is 0. The van der Waals surface area contributed by atoms with Crippen molar-refractivity contribution in [2.75, 3.05) is 19.1 Å². The highest BCUT2D eigenvalue weighted by atomic mass is 19.1. The largest absolute Gasteiger partial charge is 0.507 e. The normalized spacial score (nSPS) is 17.5. The van der Waals surface area contributed by atoms with Crippen molar-refractivity contribution in [2.24, 2.45) is 0 Å². The minimum absolute atomic E-state index is 0.0809. The molecule has 1 saturated heterocycles. The van der Waals surface area contributed by atoms with Crippen molar-refractivity contribution in [3.8, 4) is 11.5 Å².